The van der Waals surface area contributed by atoms with Crippen molar-refractivity contribution in [2.24, 2.45) is 0 Å². The summed E-state index contributed by atoms with van der Waals surface area (Å²) in [4.78, 5) is 26.0. The summed E-state index contributed by atoms with van der Waals surface area (Å²) in [6.45, 7) is 7.17. The fourth-order valence-corrected chi connectivity index (χ4v) is 2.75. The van der Waals surface area contributed by atoms with Crippen LogP contribution in [0, 0.1) is 6.92 Å². The number of nitrogens with zero attached hydrogens (tertiary/aromatic N) is 1. The van der Waals surface area contributed by atoms with E-state index in [2.05, 4.69) is 4.98 Å². The number of aliphatic hydroxyl groups excluding tert-OH is 1. The van der Waals surface area contributed by atoms with Gasteiger partial charge < -0.3 is 19.3 Å². The van der Waals surface area contributed by atoms with Crippen LogP contribution in [0.2, 0.25) is 0 Å². The first-order valence-corrected chi connectivity index (χ1v) is 8.14. The van der Waals surface area contributed by atoms with Crippen LogP contribution in [0.5, 0.6) is 0 Å². The van der Waals surface area contributed by atoms with Crippen molar-refractivity contribution in [3.05, 3.63) is 32.6 Å². The minimum atomic E-state index is -0.884. The van der Waals surface area contributed by atoms with E-state index in [0.717, 1.165) is 0 Å². The van der Waals surface area contributed by atoms with Gasteiger partial charge in [-0.2, -0.15) is 0 Å². The minimum absolute atomic E-state index is 0.187. The molecule has 0 radical (unpaired) electrons. The molecule has 1 aliphatic heterocycles. The third-order valence-electron chi connectivity index (χ3n) is 4.54. The van der Waals surface area contributed by atoms with Gasteiger partial charge in [0.2, 0.25) is 0 Å². The van der Waals surface area contributed by atoms with Crippen LogP contribution >= 0.6 is 0 Å². The van der Waals surface area contributed by atoms with Crippen LogP contribution < -0.4 is 11.2 Å². The summed E-state index contributed by atoms with van der Waals surface area (Å²) in [5.74, 6) is 0. The monoisotopic (exact) mass is 342 g/mol. The summed E-state index contributed by atoms with van der Waals surface area (Å²) in [7, 11) is 1.58. The van der Waals surface area contributed by atoms with Gasteiger partial charge in [-0.1, -0.05) is 6.92 Å². The molecule has 6 atom stereocenters. The first kappa shape index (κ1) is 18.9. The number of hydrogen-bond acceptors (Lipinski definition) is 6. The summed E-state index contributed by atoms with van der Waals surface area (Å²) in [5.41, 5.74) is -0.661. The summed E-state index contributed by atoms with van der Waals surface area (Å²) >= 11 is 0. The highest BCUT2D eigenvalue weighted by atomic mass is 16.6. The molecule has 1 aliphatic rings. The lowest BCUT2D eigenvalue weighted by Crippen LogP contribution is -2.42. The molecule has 1 saturated heterocycles. The van der Waals surface area contributed by atoms with Crippen LogP contribution in [0.3, 0.4) is 0 Å². The molecular weight excluding hydrogens is 316 g/mol. The highest BCUT2D eigenvalue weighted by Crippen LogP contribution is 2.33. The zero-order chi connectivity index (χ0) is 18.0. The second kappa shape index (κ2) is 7.60. The van der Waals surface area contributed by atoms with Crippen molar-refractivity contribution in [1.82, 2.24) is 9.55 Å². The number of hydrogen-bond donors (Lipinski definition) is 2. The molecule has 2 heterocycles. The van der Waals surface area contributed by atoms with Crippen LogP contribution in [0.4, 0.5) is 0 Å². The molecule has 2 rings (SSSR count). The average Bonchev–Trinajstić information content (AvgIpc) is 2.86. The van der Waals surface area contributed by atoms with E-state index < -0.39 is 35.8 Å². The quantitative estimate of drug-likeness (QED) is 0.772. The molecule has 136 valence electrons. The number of methoxy groups -OCH3 is 1. The van der Waals surface area contributed by atoms with Crippen molar-refractivity contribution < 1.29 is 19.3 Å². The van der Waals surface area contributed by atoms with E-state index in [0.29, 0.717) is 12.0 Å². The lowest BCUT2D eigenvalue weighted by molar-refractivity contribution is -0.129. The lowest BCUT2D eigenvalue weighted by atomic mass is 10.1. The van der Waals surface area contributed by atoms with E-state index in [1.54, 1.807) is 14.0 Å². The van der Waals surface area contributed by atoms with E-state index in [1.807, 2.05) is 20.8 Å². The Kier molecular flexibility index (Phi) is 5.97. The predicted molar refractivity (Wildman–Crippen MR) is 87.1 cm³/mol. The Labute approximate surface area is 140 Å². The Morgan fingerprint density at radius 2 is 2.04 bits per heavy atom. The van der Waals surface area contributed by atoms with Crippen molar-refractivity contribution in [3.8, 4) is 0 Å². The highest BCUT2D eigenvalue weighted by Gasteiger charge is 2.46. The van der Waals surface area contributed by atoms with Gasteiger partial charge in [-0.25, -0.2) is 4.79 Å². The SMILES string of the molecule is CC[C@H]1O[C@@H](n2cc(C)c(=O)[nH]c2=O)[C@@H](O[C@H](C)[C@@H](C)OC)C1O. The largest absolute Gasteiger partial charge is 0.388 e. The lowest BCUT2D eigenvalue weighted by Gasteiger charge is -2.28. The Morgan fingerprint density at radius 1 is 1.38 bits per heavy atom. The molecule has 0 bridgehead atoms. The molecule has 0 aromatic carbocycles. The molecule has 1 aromatic rings. The van der Waals surface area contributed by atoms with Gasteiger partial charge in [-0.15, -0.1) is 0 Å². The first-order valence-electron chi connectivity index (χ1n) is 8.14. The van der Waals surface area contributed by atoms with Gasteiger partial charge in [0.25, 0.3) is 5.56 Å². The summed E-state index contributed by atoms with van der Waals surface area (Å²) < 4.78 is 18.3. The second-order valence-corrected chi connectivity index (χ2v) is 6.19. The number of ether oxygens (including phenoxy) is 3. The number of nitrogens with one attached hydrogen (secondary N) is 1. The van der Waals surface area contributed by atoms with Crippen LogP contribution in [0.15, 0.2) is 15.8 Å². The van der Waals surface area contributed by atoms with Crippen molar-refractivity contribution in [1.29, 1.82) is 0 Å². The summed E-state index contributed by atoms with van der Waals surface area (Å²) in [5, 5.41) is 10.5. The van der Waals surface area contributed by atoms with Crippen molar-refractivity contribution in [2.45, 2.75) is 70.9 Å². The summed E-state index contributed by atoms with van der Waals surface area (Å²) in [6, 6.07) is 0. The normalized spacial score (nSPS) is 29.6. The van der Waals surface area contributed by atoms with Gasteiger partial charge in [0.05, 0.1) is 18.3 Å². The Hall–Kier alpha value is -1.48. The molecule has 0 amide bonds. The Bertz CT molecular complexity index is 669. The standard InChI is InChI=1S/C16H26N2O6/c1-6-11-12(19)13(23-10(4)9(3)22-5)15(24-11)18-7-8(2)14(20)17-16(18)21/h7,9-13,15,19H,6H2,1-5H3,(H,17,20,21)/t9-,10-,11-,12?,13+,15-/m1/s1. The van der Waals surface area contributed by atoms with Crippen LogP contribution in [-0.4, -0.2) is 52.3 Å². The van der Waals surface area contributed by atoms with Crippen molar-refractivity contribution in [3.63, 3.8) is 0 Å². The van der Waals surface area contributed by atoms with Gasteiger partial charge in [0.15, 0.2) is 6.23 Å². The molecule has 1 aromatic heterocycles. The zero-order valence-electron chi connectivity index (χ0n) is 14.7. The highest BCUT2D eigenvalue weighted by molar-refractivity contribution is 5.03. The molecule has 8 heteroatoms. The molecule has 0 aliphatic carbocycles. The van der Waals surface area contributed by atoms with E-state index in [-0.39, 0.29) is 12.2 Å². The predicted octanol–water partition coefficient (Wildman–Crippen LogP) is 0.322. The first-order chi connectivity index (χ1) is 11.3. The molecule has 1 fully saturated rings. The van der Waals surface area contributed by atoms with E-state index in [4.69, 9.17) is 14.2 Å². The Balaban J connectivity index is 2.36. The number of rotatable bonds is 6. The molecule has 24 heavy (non-hydrogen) atoms. The number of aromatic nitrogens is 2. The molecular formula is C16H26N2O6. The molecule has 1 unspecified atom stereocenters. The third-order valence-corrected chi connectivity index (χ3v) is 4.54. The van der Waals surface area contributed by atoms with Crippen LogP contribution in [0.1, 0.15) is 39.0 Å². The molecule has 0 spiro atoms. The maximum atomic E-state index is 12.2. The third kappa shape index (κ3) is 3.61. The van der Waals surface area contributed by atoms with Crippen molar-refractivity contribution in [2.75, 3.05) is 7.11 Å². The van der Waals surface area contributed by atoms with Gasteiger partial charge in [0.1, 0.15) is 12.2 Å². The molecule has 2 N–H and O–H groups in total. The topological polar surface area (TPSA) is 103 Å². The molecule has 8 nitrogen and oxygen atoms in total. The number of aryl methyl sites for hydroxylation is 1. The maximum absolute atomic E-state index is 12.2. The number of aromatic amines is 1. The smallest absolute Gasteiger partial charge is 0.330 e. The average molecular weight is 342 g/mol. The number of H-pyrrole nitrogens is 1. The van der Waals surface area contributed by atoms with Crippen LogP contribution in [0.25, 0.3) is 0 Å². The Morgan fingerprint density at radius 3 is 2.62 bits per heavy atom. The second-order valence-electron chi connectivity index (χ2n) is 6.19. The van der Waals surface area contributed by atoms with Gasteiger partial charge in [-0.3, -0.25) is 14.3 Å². The van der Waals surface area contributed by atoms with Gasteiger partial charge >= 0.3 is 5.69 Å². The molecule has 0 saturated carbocycles. The fourth-order valence-electron chi connectivity index (χ4n) is 2.75. The maximum Gasteiger partial charge on any atom is 0.330 e. The van der Waals surface area contributed by atoms with E-state index >= 15 is 0 Å². The summed E-state index contributed by atoms with van der Waals surface area (Å²) in [6.07, 6.45) is -1.40. The van der Waals surface area contributed by atoms with E-state index in [9.17, 15) is 14.7 Å². The van der Waals surface area contributed by atoms with E-state index in [1.165, 1.54) is 10.8 Å². The van der Waals surface area contributed by atoms with Gasteiger partial charge in [-0.05, 0) is 27.2 Å². The van der Waals surface area contributed by atoms with Crippen molar-refractivity contribution >= 4 is 0 Å². The minimum Gasteiger partial charge on any atom is -0.388 e. The fraction of sp³-hybridized carbons (Fsp3) is 0.750. The van der Waals surface area contributed by atoms with Crippen LogP contribution in [-0.2, 0) is 14.2 Å². The zero-order valence-corrected chi connectivity index (χ0v) is 14.7. The number of aliphatic hydroxyl groups is 1. The van der Waals surface area contributed by atoms with Gasteiger partial charge in [0, 0.05) is 18.9 Å².